The van der Waals surface area contributed by atoms with Gasteiger partial charge >= 0.3 is 0 Å². The molecule has 8 heteroatoms. The van der Waals surface area contributed by atoms with E-state index in [-0.39, 0.29) is 0 Å². The molecule has 0 aliphatic heterocycles. The number of hydrogen-bond donors (Lipinski definition) is 4. The number of H-pyrrole nitrogens is 2. The summed E-state index contributed by atoms with van der Waals surface area (Å²) in [6, 6.07) is 15.5. The van der Waals surface area contributed by atoms with Gasteiger partial charge in [-0.15, -0.1) is 0 Å². The lowest BCUT2D eigenvalue weighted by molar-refractivity contribution is 1.21. The Bertz CT molecular complexity index is 877. The van der Waals surface area contributed by atoms with Crippen molar-refractivity contribution in [2.75, 3.05) is 10.9 Å². The highest BCUT2D eigenvalue weighted by atomic mass is 15.4. The molecule has 0 aliphatic rings. The van der Waals surface area contributed by atoms with E-state index in [0.29, 0.717) is 11.9 Å². The van der Waals surface area contributed by atoms with Crippen molar-refractivity contribution >= 4 is 46.4 Å². The minimum Gasteiger partial charge on any atom is -0.323 e. The number of hydrogen-bond acceptors (Lipinski definition) is 6. The Kier molecular flexibility index (Phi) is 3.61. The molecular weight excluding hydrogens is 304 g/mol. The molecule has 24 heavy (non-hydrogen) atoms. The van der Waals surface area contributed by atoms with Crippen LogP contribution in [0.4, 0.5) is 11.9 Å². The van der Waals surface area contributed by atoms with Gasteiger partial charge in [-0.05, 0) is 24.3 Å². The Balaban J connectivity index is 1.34. The zero-order chi connectivity index (χ0) is 16.2. The average molecular weight is 318 g/mol. The van der Waals surface area contributed by atoms with E-state index in [2.05, 4.69) is 41.0 Å². The summed E-state index contributed by atoms with van der Waals surface area (Å²) in [6.45, 7) is 0. The molecule has 0 atom stereocenters. The fourth-order valence-corrected chi connectivity index (χ4v) is 2.27. The number of aromatic nitrogens is 4. The molecule has 0 saturated heterocycles. The third-order valence-electron chi connectivity index (χ3n) is 3.34. The van der Waals surface area contributed by atoms with Crippen LogP contribution in [0.3, 0.4) is 0 Å². The highest BCUT2D eigenvalue weighted by Gasteiger charge is 1.99. The van der Waals surface area contributed by atoms with Crippen molar-refractivity contribution in [3.63, 3.8) is 0 Å². The fraction of sp³-hybridized carbons (Fsp3) is 0. The molecule has 4 N–H and O–H groups in total. The van der Waals surface area contributed by atoms with Crippen LogP contribution in [0, 0.1) is 0 Å². The van der Waals surface area contributed by atoms with Gasteiger partial charge < -0.3 is 9.97 Å². The summed E-state index contributed by atoms with van der Waals surface area (Å²) in [5, 5.41) is 8.04. The maximum atomic E-state index is 4.35. The van der Waals surface area contributed by atoms with E-state index in [4.69, 9.17) is 0 Å². The van der Waals surface area contributed by atoms with Crippen molar-refractivity contribution in [1.29, 1.82) is 0 Å². The van der Waals surface area contributed by atoms with Crippen LogP contribution < -0.4 is 10.9 Å². The second kappa shape index (κ2) is 6.21. The zero-order valence-corrected chi connectivity index (χ0v) is 12.6. The van der Waals surface area contributed by atoms with Crippen molar-refractivity contribution in [2.45, 2.75) is 0 Å². The summed E-state index contributed by atoms with van der Waals surface area (Å²) < 4.78 is 0. The molecule has 0 bridgehead atoms. The zero-order valence-electron chi connectivity index (χ0n) is 12.6. The molecule has 0 aliphatic carbocycles. The van der Waals surface area contributed by atoms with E-state index in [0.717, 1.165) is 22.1 Å². The Morgan fingerprint density at radius 3 is 1.62 bits per heavy atom. The van der Waals surface area contributed by atoms with E-state index >= 15 is 0 Å². The molecule has 2 heterocycles. The van der Waals surface area contributed by atoms with Gasteiger partial charge in [0.25, 0.3) is 0 Å². The van der Waals surface area contributed by atoms with Crippen LogP contribution in [0.5, 0.6) is 0 Å². The summed E-state index contributed by atoms with van der Waals surface area (Å²) in [4.78, 5) is 14.9. The lowest BCUT2D eigenvalue weighted by Gasteiger charge is -1.92. The monoisotopic (exact) mass is 318 g/mol. The molecule has 0 fully saturated rings. The van der Waals surface area contributed by atoms with Crippen molar-refractivity contribution in [3.05, 3.63) is 48.5 Å². The van der Waals surface area contributed by atoms with Gasteiger partial charge in [0, 0.05) is 0 Å². The first kappa shape index (κ1) is 13.9. The van der Waals surface area contributed by atoms with Crippen molar-refractivity contribution < 1.29 is 0 Å². The Morgan fingerprint density at radius 1 is 0.708 bits per heavy atom. The van der Waals surface area contributed by atoms with E-state index in [1.54, 1.807) is 0 Å². The molecule has 0 radical (unpaired) electrons. The van der Waals surface area contributed by atoms with Crippen LogP contribution >= 0.6 is 0 Å². The summed E-state index contributed by atoms with van der Waals surface area (Å²) in [5.74, 6) is 1.15. The van der Waals surface area contributed by atoms with Crippen LogP contribution in [0.25, 0.3) is 22.1 Å². The molecule has 0 spiro atoms. The molecule has 0 amide bonds. The number of nitrogens with zero attached hydrogens (tertiary/aromatic N) is 4. The highest BCUT2D eigenvalue weighted by molar-refractivity contribution is 6.16. The van der Waals surface area contributed by atoms with E-state index in [1.165, 1.54) is 12.4 Å². The first-order chi connectivity index (χ1) is 11.9. The van der Waals surface area contributed by atoms with Crippen LogP contribution in [0.1, 0.15) is 0 Å². The third kappa shape index (κ3) is 2.93. The number of para-hydroxylation sites is 4. The number of rotatable bonds is 5. The van der Waals surface area contributed by atoms with Crippen molar-refractivity contribution in [2.24, 2.45) is 10.2 Å². The van der Waals surface area contributed by atoms with Crippen molar-refractivity contribution in [3.8, 4) is 0 Å². The first-order valence-electron chi connectivity index (χ1n) is 7.35. The number of anilines is 2. The van der Waals surface area contributed by atoms with Gasteiger partial charge in [0.1, 0.15) is 0 Å². The second-order valence-electron chi connectivity index (χ2n) is 4.99. The molecular formula is C16H14N8. The summed E-state index contributed by atoms with van der Waals surface area (Å²) >= 11 is 0. The van der Waals surface area contributed by atoms with Gasteiger partial charge in [-0.1, -0.05) is 24.3 Å². The second-order valence-corrected chi connectivity index (χ2v) is 4.99. The molecule has 8 nitrogen and oxygen atoms in total. The molecule has 2 aromatic carbocycles. The summed E-state index contributed by atoms with van der Waals surface area (Å²) in [6.07, 6.45) is 3.03. The number of benzene rings is 2. The van der Waals surface area contributed by atoms with Crippen LogP contribution in [0.15, 0.2) is 58.7 Å². The Hall–Kier alpha value is -3.68. The maximum Gasteiger partial charge on any atom is 0.222 e. The molecule has 4 rings (SSSR count). The van der Waals surface area contributed by atoms with E-state index < -0.39 is 0 Å². The van der Waals surface area contributed by atoms with Gasteiger partial charge in [-0.25, -0.2) is 20.8 Å². The van der Waals surface area contributed by atoms with Gasteiger partial charge in [0.2, 0.25) is 11.9 Å². The number of hydrazone groups is 2. The Morgan fingerprint density at radius 2 is 1.17 bits per heavy atom. The SMILES string of the molecule is C(/C=N/Nc1nc2ccccc2[nH]1)=N\Nc1nc2ccccc2[nH]1. The smallest absolute Gasteiger partial charge is 0.222 e. The highest BCUT2D eigenvalue weighted by Crippen LogP contribution is 2.13. The van der Waals surface area contributed by atoms with E-state index in [1.807, 2.05) is 48.5 Å². The van der Waals surface area contributed by atoms with Gasteiger partial charge in [-0.3, -0.25) is 0 Å². The quantitative estimate of drug-likeness (QED) is 0.335. The predicted octanol–water partition coefficient (Wildman–Crippen LogP) is 2.93. The minimum atomic E-state index is 0.575. The topological polar surface area (TPSA) is 106 Å². The standard InChI is InChI=1S/C16H14N8/c1-2-6-12-11(5-1)19-15(20-12)23-17-9-10-18-24-16-21-13-7-3-4-8-14(13)22-16/h1-10H,(H2,19,20,23)(H2,21,22,24)/b17-9+,18-10+. The minimum absolute atomic E-state index is 0.575. The van der Waals surface area contributed by atoms with Gasteiger partial charge in [0.05, 0.1) is 34.5 Å². The number of imidazole rings is 2. The van der Waals surface area contributed by atoms with Gasteiger partial charge in [-0.2, -0.15) is 10.2 Å². The lowest BCUT2D eigenvalue weighted by Crippen LogP contribution is -1.94. The van der Waals surface area contributed by atoms with E-state index in [9.17, 15) is 0 Å². The lowest BCUT2D eigenvalue weighted by atomic mass is 10.3. The predicted molar refractivity (Wildman–Crippen MR) is 96.4 cm³/mol. The summed E-state index contributed by atoms with van der Waals surface area (Å²) in [5.41, 5.74) is 9.31. The maximum absolute atomic E-state index is 4.35. The first-order valence-corrected chi connectivity index (χ1v) is 7.35. The molecule has 4 aromatic rings. The molecule has 2 aromatic heterocycles. The Labute approximate surface area is 136 Å². The molecule has 118 valence electrons. The normalized spacial score (nSPS) is 11.8. The number of fused-ring (bicyclic) bond motifs is 2. The molecule has 0 unspecified atom stereocenters. The van der Waals surface area contributed by atoms with Crippen LogP contribution in [0.2, 0.25) is 0 Å². The average Bonchev–Trinajstić information content (AvgIpc) is 3.20. The third-order valence-corrected chi connectivity index (χ3v) is 3.34. The largest absolute Gasteiger partial charge is 0.323 e. The van der Waals surface area contributed by atoms with Crippen LogP contribution in [-0.2, 0) is 0 Å². The fourth-order valence-electron chi connectivity index (χ4n) is 2.27. The summed E-state index contributed by atoms with van der Waals surface area (Å²) in [7, 11) is 0. The van der Waals surface area contributed by atoms with Crippen LogP contribution in [-0.4, -0.2) is 32.4 Å². The van der Waals surface area contributed by atoms with Crippen molar-refractivity contribution in [1.82, 2.24) is 19.9 Å². The number of aromatic amines is 2. The number of nitrogens with one attached hydrogen (secondary N) is 4. The molecule has 0 saturated carbocycles. The van der Waals surface area contributed by atoms with Gasteiger partial charge in [0.15, 0.2) is 0 Å².